The molecule has 7 heteroatoms. The predicted molar refractivity (Wildman–Crippen MR) is 110 cm³/mol. The van der Waals surface area contributed by atoms with Crippen LogP contribution in [-0.4, -0.2) is 33.9 Å². The molecule has 0 bridgehead atoms. The molecule has 4 rings (SSSR count). The van der Waals surface area contributed by atoms with Gasteiger partial charge >= 0.3 is 5.69 Å². The molecule has 0 saturated carbocycles. The van der Waals surface area contributed by atoms with Gasteiger partial charge in [-0.25, -0.2) is 4.79 Å². The van der Waals surface area contributed by atoms with E-state index in [9.17, 15) is 9.59 Å². The molecule has 0 radical (unpaired) electrons. The van der Waals surface area contributed by atoms with Gasteiger partial charge in [0.2, 0.25) is 5.91 Å². The molecule has 1 aliphatic carbocycles. The molecule has 1 aromatic carbocycles. The molecule has 148 valence electrons. The van der Waals surface area contributed by atoms with Crippen LogP contribution in [0.2, 0.25) is 0 Å². The van der Waals surface area contributed by atoms with E-state index < -0.39 is 0 Å². The first-order chi connectivity index (χ1) is 13.6. The average Bonchev–Trinajstić information content (AvgIpc) is 3.36. The minimum atomic E-state index is -0.224. The predicted octanol–water partition coefficient (Wildman–Crippen LogP) is 2.95. The number of hydrogen-bond acceptors (Lipinski definition) is 5. The van der Waals surface area contributed by atoms with Crippen molar-refractivity contribution in [2.75, 3.05) is 17.7 Å². The summed E-state index contributed by atoms with van der Waals surface area (Å²) in [6.07, 6.45) is 4.99. The van der Waals surface area contributed by atoms with Gasteiger partial charge in [-0.05, 0) is 50.7 Å². The zero-order valence-corrected chi connectivity index (χ0v) is 16.9. The number of carbonyl (C=O) groups is 1. The number of thioether (sulfide) groups is 1. The minimum Gasteiger partial charge on any atom is -0.376 e. The summed E-state index contributed by atoms with van der Waals surface area (Å²) in [7, 11) is 0. The Morgan fingerprint density at radius 3 is 2.96 bits per heavy atom. The summed E-state index contributed by atoms with van der Waals surface area (Å²) in [6.45, 7) is 3.33. The fourth-order valence-corrected chi connectivity index (χ4v) is 4.80. The minimum absolute atomic E-state index is 0.0867. The van der Waals surface area contributed by atoms with Crippen LogP contribution in [0.25, 0.3) is 0 Å². The molecule has 28 heavy (non-hydrogen) atoms. The second-order valence-corrected chi connectivity index (χ2v) is 8.34. The topological polar surface area (TPSA) is 73.2 Å². The van der Waals surface area contributed by atoms with Gasteiger partial charge in [0.05, 0.1) is 18.4 Å². The maximum atomic E-state index is 12.7. The van der Waals surface area contributed by atoms with E-state index in [4.69, 9.17) is 4.74 Å². The third kappa shape index (κ3) is 4.15. The van der Waals surface area contributed by atoms with E-state index in [1.165, 1.54) is 11.8 Å². The number of ether oxygens (including phenoxy) is 1. The number of rotatable bonds is 6. The van der Waals surface area contributed by atoms with E-state index in [2.05, 4.69) is 10.3 Å². The maximum absolute atomic E-state index is 12.7. The van der Waals surface area contributed by atoms with Crippen molar-refractivity contribution in [1.82, 2.24) is 9.55 Å². The van der Waals surface area contributed by atoms with Crippen LogP contribution in [0, 0.1) is 6.92 Å². The highest BCUT2D eigenvalue weighted by atomic mass is 32.2. The standard InChI is InChI=1S/C21H25N3O3S/c1-14-6-2-3-9-17(14)22-19(25)13-28-20-16-8-4-10-18(16)24(21(26)23-20)12-15-7-5-11-27-15/h2-3,6,9,15H,4-5,7-8,10-13H2,1H3,(H,22,25)/t15-/m1/s1. The molecular formula is C21H25N3O3S. The first-order valence-electron chi connectivity index (χ1n) is 9.84. The van der Waals surface area contributed by atoms with Crippen molar-refractivity contribution in [1.29, 1.82) is 0 Å². The lowest BCUT2D eigenvalue weighted by Crippen LogP contribution is -2.31. The van der Waals surface area contributed by atoms with Crippen LogP contribution < -0.4 is 11.0 Å². The van der Waals surface area contributed by atoms with E-state index in [-0.39, 0.29) is 23.5 Å². The molecule has 1 fully saturated rings. The monoisotopic (exact) mass is 399 g/mol. The van der Waals surface area contributed by atoms with Crippen LogP contribution in [0.4, 0.5) is 5.69 Å². The van der Waals surface area contributed by atoms with Gasteiger partial charge < -0.3 is 10.1 Å². The molecule has 6 nitrogen and oxygen atoms in total. The fraction of sp³-hybridized carbons (Fsp3) is 0.476. The Labute approximate surface area is 168 Å². The number of aryl methyl sites for hydroxylation is 1. The summed E-state index contributed by atoms with van der Waals surface area (Å²) in [5, 5.41) is 3.64. The second-order valence-electron chi connectivity index (χ2n) is 7.38. The Hall–Kier alpha value is -2.12. The summed E-state index contributed by atoms with van der Waals surface area (Å²) in [5.74, 6) is 0.152. The van der Waals surface area contributed by atoms with E-state index >= 15 is 0 Å². The maximum Gasteiger partial charge on any atom is 0.348 e. The highest BCUT2D eigenvalue weighted by Crippen LogP contribution is 2.30. The van der Waals surface area contributed by atoms with Crippen LogP contribution in [0.15, 0.2) is 34.1 Å². The Morgan fingerprint density at radius 1 is 1.32 bits per heavy atom. The molecule has 2 aromatic rings. The number of nitrogens with zero attached hydrogens (tertiary/aromatic N) is 2. The van der Waals surface area contributed by atoms with Gasteiger partial charge in [-0.15, -0.1) is 0 Å². The number of para-hydroxylation sites is 1. The molecule has 1 aliphatic heterocycles. The Bertz CT molecular complexity index is 935. The molecule has 1 saturated heterocycles. The van der Waals surface area contributed by atoms with Gasteiger partial charge in [0.1, 0.15) is 5.03 Å². The number of benzene rings is 1. The summed E-state index contributed by atoms with van der Waals surface area (Å²) in [6, 6.07) is 7.70. The largest absolute Gasteiger partial charge is 0.376 e. The van der Waals surface area contributed by atoms with E-state index in [1.807, 2.05) is 31.2 Å². The zero-order chi connectivity index (χ0) is 19.5. The van der Waals surface area contributed by atoms with Gasteiger partial charge in [-0.1, -0.05) is 30.0 Å². The number of amides is 1. The number of anilines is 1. The van der Waals surface area contributed by atoms with Crippen LogP contribution in [0.1, 0.15) is 36.1 Å². The molecule has 0 spiro atoms. The molecule has 2 aliphatic rings. The molecular weight excluding hydrogens is 374 g/mol. The van der Waals surface area contributed by atoms with Gasteiger partial charge in [0.25, 0.3) is 0 Å². The number of carbonyl (C=O) groups excluding carboxylic acids is 1. The molecule has 1 aromatic heterocycles. The Balaban J connectivity index is 1.47. The van der Waals surface area contributed by atoms with Gasteiger partial charge in [-0.3, -0.25) is 9.36 Å². The molecule has 1 N–H and O–H groups in total. The van der Waals surface area contributed by atoms with E-state index in [1.54, 1.807) is 4.57 Å². The first kappa shape index (κ1) is 19.2. The van der Waals surface area contributed by atoms with Gasteiger partial charge in [0.15, 0.2) is 0 Å². The third-order valence-corrected chi connectivity index (χ3v) is 6.39. The summed E-state index contributed by atoms with van der Waals surface area (Å²) in [4.78, 5) is 29.3. The zero-order valence-electron chi connectivity index (χ0n) is 16.1. The lowest BCUT2D eigenvalue weighted by atomic mass is 10.2. The SMILES string of the molecule is Cc1ccccc1NC(=O)CSc1nc(=O)n(C[C@H]2CCCO2)c2c1CCC2. The van der Waals surface area contributed by atoms with Crippen LogP contribution >= 0.6 is 11.8 Å². The van der Waals surface area contributed by atoms with E-state index in [0.717, 1.165) is 61.2 Å². The van der Waals surface area contributed by atoms with Gasteiger partial charge in [0, 0.05) is 23.6 Å². The first-order valence-corrected chi connectivity index (χ1v) is 10.8. The van der Waals surface area contributed by atoms with Crippen molar-refractivity contribution >= 4 is 23.4 Å². The number of hydrogen-bond donors (Lipinski definition) is 1. The third-order valence-electron chi connectivity index (χ3n) is 5.37. The fourth-order valence-electron chi connectivity index (χ4n) is 3.92. The van der Waals surface area contributed by atoms with Crippen LogP contribution in [0.5, 0.6) is 0 Å². The van der Waals surface area contributed by atoms with Crippen LogP contribution in [-0.2, 0) is 28.9 Å². The summed E-state index contributed by atoms with van der Waals surface area (Å²) in [5.41, 5.74) is 3.83. The normalized spacial score (nSPS) is 18.2. The summed E-state index contributed by atoms with van der Waals surface area (Å²) >= 11 is 1.36. The van der Waals surface area contributed by atoms with Crippen molar-refractivity contribution < 1.29 is 9.53 Å². The van der Waals surface area contributed by atoms with Crippen molar-refractivity contribution in [3.05, 3.63) is 51.6 Å². The highest BCUT2D eigenvalue weighted by molar-refractivity contribution is 8.00. The Kier molecular flexibility index (Phi) is 5.82. The smallest absolute Gasteiger partial charge is 0.348 e. The molecule has 1 atom stereocenters. The lowest BCUT2D eigenvalue weighted by Gasteiger charge is -2.17. The lowest BCUT2D eigenvalue weighted by molar-refractivity contribution is -0.113. The quantitative estimate of drug-likeness (QED) is 0.597. The van der Waals surface area contributed by atoms with Gasteiger partial charge in [-0.2, -0.15) is 4.98 Å². The summed E-state index contributed by atoms with van der Waals surface area (Å²) < 4.78 is 7.50. The molecule has 2 heterocycles. The van der Waals surface area contributed by atoms with Crippen molar-refractivity contribution in [2.24, 2.45) is 0 Å². The number of aromatic nitrogens is 2. The Morgan fingerprint density at radius 2 is 2.18 bits per heavy atom. The second kappa shape index (κ2) is 8.49. The van der Waals surface area contributed by atoms with E-state index in [0.29, 0.717) is 11.6 Å². The highest BCUT2D eigenvalue weighted by Gasteiger charge is 2.25. The number of nitrogens with one attached hydrogen (secondary N) is 1. The average molecular weight is 400 g/mol. The molecule has 1 amide bonds. The van der Waals surface area contributed by atoms with Crippen molar-refractivity contribution in [2.45, 2.75) is 56.7 Å². The van der Waals surface area contributed by atoms with Crippen molar-refractivity contribution in [3.8, 4) is 0 Å². The molecule has 0 unspecified atom stereocenters. The number of fused-ring (bicyclic) bond motifs is 1. The van der Waals surface area contributed by atoms with Crippen LogP contribution in [0.3, 0.4) is 0 Å². The van der Waals surface area contributed by atoms with Crippen molar-refractivity contribution in [3.63, 3.8) is 0 Å².